The fourth-order valence-corrected chi connectivity index (χ4v) is 4.26. The highest BCUT2D eigenvalue weighted by atomic mass is 16.5. The monoisotopic (exact) mass is 420 g/mol. The second kappa shape index (κ2) is 8.56. The number of hydrogen-bond acceptors (Lipinski definition) is 6. The Labute approximate surface area is 181 Å². The molecule has 3 aromatic rings. The number of morpholine rings is 1. The van der Waals surface area contributed by atoms with Crippen LogP contribution in [0.2, 0.25) is 0 Å². The highest BCUT2D eigenvalue weighted by molar-refractivity contribution is 5.82. The Bertz CT molecular complexity index is 1050. The number of nitrogens with two attached hydrogens (primary N) is 1. The number of aromatic nitrogens is 2. The number of ether oxygens (including phenoxy) is 1. The number of hydrogen-bond donors (Lipinski definition) is 2. The number of piperazine rings is 1. The molecule has 2 saturated heterocycles. The molecule has 2 aliphatic rings. The first-order chi connectivity index (χ1) is 15.2. The topological polar surface area (TPSA) is 90.7 Å². The van der Waals surface area contributed by atoms with E-state index >= 15 is 0 Å². The van der Waals surface area contributed by atoms with Gasteiger partial charge in [0.25, 0.3) is 0 Å². The van der Waals surface area contributed by atoms with Crippen LogP contribution in [0.15, 0.2) is 42.5 Å². The van der Waals surface area contributed by atoms with Crippen molar-refractivity contribution in [3.8, 4) is 11.4 Å². The lowest BCUT2D eigenvalue weighted by Crippen LogP contribution is -2.51. The molecule has 162 valence electrons. The number of aromatic amines is 1. The standard InChI is InChI=1S/C23H28N6O2/c24-18-3-6-20-21(15-18)26-23(25-20)17-1-4-19(5-2-17)28-9-7-27(8-10-28)16-22(30)29-11-13-31-14-12-29/h1-6,15H,7-14,16,24H2,(H,25,26). The van der Waals surface area contributed by atoms with Gasteiger partial charge in [-0.05, 0) is 42.5 Å². The predicted octanol–water partition coefficient (Wildman–Crippen LogP) is 1.79. The maximum absolute atomic E-state index is 12.5. The molecule has 0 bridgehead atoms. The number of H-pyrrole nitrogens is 1. The highest BCUT2D eigenvalue weighted by Gasteiger charge is 2.23. The molecule has 8 heteroatoms. The summed E-state index contributed by atoms with van der Waals surface area (Å²) >= 11 is 0. The number of imidazole rings is 1. The summed E-state index contributed by atoms with van der Waals surface area (Å²) in [6.45, 7) is 6.84. The van der Waals surface area contributed by atoms with Crippen molar-refractivity contribution in [3.05, 3.63) is 42.5 Å². The lowest BCUT2D eigenvalue weighted by Gasteiger charge is -2.37. The van der Waals surface area contributed by atoms with E-state index in [1.165, 1.54) is 5.69 Å². The number of carbonyl (C=O) groups is 1. The van der Waals surface area contributed by atoms with E-state index in [2.05, 4.69) is 44.0 Å². The predicted molar refractivity (Wildman–Crippen MR) is 122 cm³/mol. The van der Waals surface area contributed by atoms with Crippen molar-refractivity contribution in [1.82, 2.24) is 19.8 Å². The maximum atomic E-state index is 12.5. The zero-order valence-electron chi connectivity index (χ0n) is 17.6. The highest BCUT2D eigenvalue weighted by Crippen LogP contribution is 2.25. The minimum Gasteiger partial charge on any atom is -0.399 e. The van der Waals surface area contributed by atoms with Gasteiger partial charge in [0.15, 0.2) is 0 Å². The Kier molecular flexibility index (Phi) is 5.48. The van der Waals surface area contributed by atoms with Gasteiger partial charge in [-0.2, -0.15) is 0 Å². The number of benzene rings is 2. The van der Waals surface area contributed by atoms with Crippen LogP contribution in [0.4, 0.5) is 11.4 Å². The SMILES string of the molecule is Nc1ccc2[nH]c(-c3ccc(N4CCN(CC(=O)N5CCOCC5)CC4)cc3)nc2c1. The van der Waals surface area contributed by atoms with Crippen LogP contribution in [0.3, 0.4) is 0 Å². The molecule has 5 rings (SSSR count). The molecule has 0 saturated carbocycles. The van der Waals surface area contributed by atoms with Gasteiger partial charge in [-0.1, -0.05) is 0 Å². The van der Waals surface area contributed by atoms with Crippen LogP contribution in [-0.4, -0.2) is 84.7 Å². The number of nitrogens with one attached hydrogen (secondary N) is 1. The third-order valence-corrected chi connectivity index (χ3v) is 6.11. The van der Waals surface area contributed by atoms with Gasteiger partial charge in [-0.15, -0.1) is 0 Å². The van der Waals surface area contributed by atoms with E-state index in [9.17, 15) is 4.79 Å². The first-order valence-corrected chi connectivity index (χ1v) is 10.8. The Hall–Kier alpha value is -3.10. The van der Waals surface area contributed by atoms with E-state index in [-0.39, 0.29) is 5.91 Å². The lowest BCUT2D eigenvalue weighted by atomic mass is 10.1. The first-order valence-electron chi connectivity index (χ1n) is 10.8. The summed E-state index contributed by atoms with van der Waals surface area (Å²) in [5.41, 5.74) is 10.7. The number of nitrogen functional groups attached to an aromatic ring is 1. The van der Waals surface area contributed by atoms with E-state index in [1.807, 2.05) is 23.1 Å². The van der Waals surface area contributed by atoms with Crippen LogP contribution in [0, 0.1) is 0 Å². The molecule has 0 atom stereocenters. The Morgan fingerprint density at radius 3 is 2.48 bits per heavy atom. The van der Waals surface area contributed by atoms with Crippen LogP contribution < -0.4 is 10.6 Å². The summed E-state index contributed by atoms with van der Waals surface area (Å²) in [5, 5.41) is 0. The van der Waals surface area contributed by atoms with Crippen molar-refractivity contribution in [1.29, 1.82) is 0 Å². The Balaban J connectivity index is 1.18. The first kappa shape index (κ1) is 19.8. The number of amides is 1. The second-order valence-corrected chi connectivity index (χ2v) is 8.17. The quantitative estimate of drug-likeness (QED) is 0.626. The van der Waals surface area contributed by atoms with Crippen LogP contribution in [0.1, 0.15) is 0 Å². The molecule has 3 N–H and O–H groups in total. The summed E-state index contributed by atoms with van der Waals surface area (Å²) in [4.78, 5) is 27.0. The van der Waals surface area contributed by atoms with E-state index in [0.29, 0.717) is 38.5 Å². The number of carbonyl (C=O) groups excluding carboxylic acids is 1. The molecule has 8 nitrogen and oxygen atoms in total. The molecule has 31 heavy (non-hydrogen) atoms. The zero-order chi connectivity index (χ0) is 21.2. The number of fused-ring (bicyclic) bond motifs is 1. The molecule has 0 radical (unpaired) electrons. The average Bonchev–Trinajstić information content (AvgIpc) is 3.23. The molecule has 1 aromatic heterocycles. The molecule has 2 aliphatic heterocycles. The van der Waals surface area contributed by atoms with E-state index < -0.39 is 0 Å². The molecule has 2 aromatic carbocycles. The number of nitrogens with zero attached hydrogens (tertiary/aromatic N) is 4. The van der Waals surface area contributed by atoms with E-state index in [4.69, 9.17) is 10.5 Å². The van der Waals surface area contributed by atoms with E-state index in [0.717, 1.165) is 48.6 Å². The van der Waals surface area contributed by atoms with Crippen molar-refractivity contribution in [2.24, 2.45) is 0 Å². The fourth-order valence-electron chi connectivity index (χ4n) is 4.26. The number of anilines is 2. The van der Waals surface area contributed by atoms with Crippen LogP contribution >= 0.6 is 0 Å². The van der Waals surface area contributed by atoms with Crippen molar-refractivity contribution in [2.45, 2.75) is 0 Å². The van der Waals surface area contributed by atoms with Crippen molar-refractivity contribution < 1.29 is 9.53 Å². The van der Waals surface area contributed by atoms with Gasteiger partial charge < -0.3 is 25.3 Å². The van der Waals surface area contributed by atoms with Gasteiger partial charge in [0.1, 0.15) is 5.82 Å². The minimum atomic E-state index is 0.216. The number of rotatable bonds is 4. The Morgan fingerprint density at radius 1 is 1.00 bits per heavy atom. The van der Waals surface area contributed by atoms with Crippen LogP contribution in [0.5, 0.6) is 0 Å². The normalized spacial score (nSPS) is 17.9. The summed E-state index contributed by atoms with van der Waals surface area (Å²) in [6.07, 6.45) is 0. The lowest BCUT2D eigenvalue weighted by molar-refractivity contribution is -0.136. The van der Waals surface area contributed by atoms with Gasteiger partial charge in [-0.3, -0.25) is 9.69 Å². The summed E-state index contributed by atoms with van der Waals surface area (Å²) < 4.78 is 5.33. The largest absolute Gasteiger partial charge is 0.399 e. The van der Waals surface area contributed by atoms with Crippen LogP contribution in [-0.2, 0) is 9.53 Å². The molecular weight excluding hydrogens is 392 g/mol. The third-order valence-electron chi connectivity index (χ3n) is 6.11. The fraction of sp³-hybridized carbons (Fsp3) is 0.391. The molecule has 1 amide bonds. The molecule has 3 heterocycles. The average molecular weight is 421 g/mol. The molecular formula is C23H28N6O2. The molecule has 0 unspecified atom stereocenters. The zero-order valence-corrected chi connectivity index (χ0v) is 17.6. The Morgan fingerprint density at radius 2 is 1.74 bits per heavy atom. The molecule has 0 spiro atoms. The van der Waals surface area contributed by atoms with Crippen LogP contribution in [0.25, 0.3) is 22.4 Å². The molecule has 2 fully saturated rings. The van der Waals surface area contributed by atoms with Gasteiger partial charge in [0, 0.05) is 56.2 Å². The van der Waals surface area contributed by atoms with Crippen molar-refractivity contribution >= 4 is 28.3 Å². The van der Waals surface area contributed by atoms with Crippen molar-refractivity contribution in [2.75, 3.05) is 69.7 Å². The van der Waals surface area contributed by atoms with Gasteiger partial charge in [-0.25, -0.2) is 4.98 Å². The smallest absolute Gasteiger partial charge is 0.236 e. The van der Waals surface area contributed by atoms with Gasteiger partial charge in [0.05, 0.1) is 30.8 Å². The third kappa shape index (κ3) is 4.35. The van der Waals surface area contributed by atoms with Crippen molar-refractivity contribution in [3.63, 3.8) is 0 Å². The van der Waals surface area contributed by atoms with E-state index in [1.54, 1.807) is 0 Å². The minimum absolute atomic E-state index is 0.216. The van der Waals surface area contributed by atoms with Gasteiger partial charge >= 0.3 is 0 Å². The maximum Gasteiger partial charge on any atom is 0.236 e. The summed E-state index contributed by atoms with van der Waals surface area (Å²) in [7, 11) is 0. The second-order valence-electron chi connectivity index (χ2n) is 8.17. The van der Waals surface area contributed by atoms with Gasteiger partial charge in [0.2, 0.25) is 5.91 Å². The summed E-state index contributed by atoms with van der Waals surface area (Å²) in [6, 6.07) is 14.2. The summed E-state index contributed by atoms with van der Waals surface area (Å²) in [5.74, 6) is 1.06. The molecule has 0 aliphatic carbocycles.